The van der Waals surface area contributed by atoms with Crippen LogP contribution in [0.3, 0.4) is 0 Å². The van der Waals surface area contributed by atoms with E-state index in [9.17, 15) is 4.79 Å². The summed E-state index contributed by atoms with van der Waals surface area (Å²) >= 11 is 0. The molecule has 0 atom stereocenters. The van der Waals surface area contributed by atoms with E-state index >= 15 is 0 Å². The van der Waals surface area contributed by atoms with Gasteiger partial charge < -0.3 is 19.7 Å². The number of amides is 1. The topological polar surface area (TPSA) is 50.8 Å². The maximum atomic E-state index is 12.3. The molecule has 2 aliphatic rings. The van der Waals surface area contributed by atoms with Crippen molar-refractivity contribution in [3.8, 4) is 11.5 Å². The Kier molecular flexibility index (Phi) is 6.75. The molecule has 2 aliphatic heterocycles. The first-order valence-electron chi connectivity index (χ1n) is 8.55. The zero-order chi connectivity index (χ0) is 16.1. The van der Waals surface area contributed by atoms with Crippen molar-refractivity contribution in [1.29, 1.82) is 0 Å². The normalized spacial score (nSPS) is 19.0. The first kappa shape index (κ1) is 18.9. The fourth-order valence-electron chi connectivity index (χ4n) is 3.49. The highest BCUT2D eigenvalue weighted by atomic mass is 35.5. The number of benzene rings is 1. The van der Waals surface area contributed by atoms with Gasteiger partial charge in [0, 0.05) is 19.6 Å². The number of piperidine rings is 1. The summed E-state index contributed by atoms with van der Waals surface area (Å²) in [6.07, 6.45) is 3.46. The molecule has 0 aliphatic carbocycles. The fourth-order valence-corrected chi connectivity index (χ4v) is 3.49. The molecule has 2 saturated heterocycles. The molecule has 3 rings (SSSR count). The number of ether oxygens (including phenoxy) is 2. The molecule has 2 fully saturated rings. The van der Waals surface area contributed by atoms with Gasteiger partial charge >= 0.3 is 0 Å². The Labute approximate surface area is 150 Å². The van der Waals surface area contributed by atoms with Crippen molar-refractivity contribution in [2.75, 3.05) is 39.4 Å². The van der Waals surface area contributed by atoms with Gasteiger partial charge in [-0.15, -0.1) is 12.4 Å². The Morgan fingerprint density at radius 1 is 1.12 bits per heavy atom. The van der Waals surface area contributed by atoms with Crippen LogP contribution in [0.2, 0.25) is 0 Å². The van der Waals surface area contributed by atoms with Crippen LogP contribution in [0.25, 0.3) is 0 Å². The molecule has 0 bridgehead atoms. The second-order valence-electron chi connectivity index (χ2n) is 6.50. The van der Waals surface area contributed by atoms with Gasteiger partial charge in [-0.1, -0.05) is 0 Å². The third-order valence-corrected chi connectivity index (χ3v) is 5.01. The van der Waals surface area contributed by atoms with Gasteiger partial charge in [-0.3, -0.25) is 4.79 Å². The lowest BCUT2D eigenvalue weighted by atomic mass is 9.78. The number of carbonyl (C=O) groups is 1. The van der Waals surface area contributed by atoms with E-state index in [0.717, 1.165) is 44.8 Å². The number of hydrogen-bond donors (Lipinski definition) is 1. The molecule has 134 valence electrons. The van der Waals surface area contributed by atoms with Crippen LogP contribution < -0.4 is 14.8 Å². The van der Waals surface area contributed by atoms with Crippen LogP contribution in [0.5, 0.6) is 11.5 Å². The second kappa shape index (κ2) is 8.58. The molecule has 1 spiro atoms. The molecule has 0 saturated carbocycles. The fraction of sp³-hybridized carbons (Fsp3) is 0.611. The smallest absolute Gasteiger partial charge is 0.260 e. The van der Waals surface area contributed by atoms with Crippen LogP contribution in [0.4, 0.5) is 0 Å². The molecule has 1 amide bonds. The first-order valence-corrected chi connectivity index (χ1v) is 8.55. The average Bonchev–Trinajstić information content (AvgIpc) is 3.03. The summed E-state index contributed by atoms with van der Waals surface area (Å²) in [6, 6.07) is 7.41. The monoisotopic (exact) mass is 354 g/mol. The molecule has 0 radical (unpaired) electrons. The highest BCUT2D eigenvalue weighted by Crippen LogP contribution is 2.36. The number of nitrogens with zero attached hydrogens (tertiary/aromatic N) is 1. The number of halogens is 1. The van der Waals surface area contributed by atoms with Gasteiger partial charge in [0.2, 0.25) is 0 Å². The van der Waals surface area contributed by atoms with Crippen molar-refractivity contribution in [2.24, 2.45) is 5.41 Å². The average molecular weight is 355 g/mol. The molecule has 24 heavy (non-hydrogen) atoms. The van der Waals surface area contributed by atoms with Gasteiger partial charge in [-0.05, 0) is 62.4 Å². The highest BCUT2D eigenvalue weighted by molar-refractivity contribution is 5.85. The van der Waals surface area contributed by atoms with E-state index in [1.165, 1.54) is 6.42 Å². The van der Waals surface area contributed by atoms with Crippen molar-refractivity contribution in [3.63, 3.8) is 0 Å². The second-order valence-corrected chi connectivity index (χ2v) is 6.50. The van der Waals surface area contributed by atoms with E-state index in [0.29, 0.717) is 17.8 Å². The minimum atomic E-state index is 0. The van der Waals surface area contributed by atoms with Gasteiger partial charge in [0.1, 0.15) is 11.5 Å². The predicted molar refractivity (Wildman–Crippen MR) is 96.1 cm³/mol. The Morgan fingerprint density at radius 2 is 1.75 bits per heavy atom. The number of nitrogens with one attached hydrogen (secondary N) is 1. The zero-order valence-electron chi connectivity index (χ0n) is 14.3. The molecule has 6 heteroatoms. The quantitative estimate of drug-likeness (QED) is 0.882. The third-order valence-electron chi connectivity index (χ3n) is 5.01. The standard InChI is InChI=1S/C18H26N2O3.ClH/c1-2-22-15-3-5-16(6-4-15)23-13-17(21)20-11-8-18(9-12-20)7-10-19-14-18;/h3-6,19H,2,7-14H2,1H3;1H. The van der Waals surface area contributed by atoms with E-state index in [1.54, 1.807) is 0 Å². The third kappa shape index (κ3) is 4.54. The van der Waals surface area contributed by atoms with E-state index < -0.39 is 0 Å². The van der Waals surface area contributed by atoms with Crippen molar-refractivity contribution in [2.45, 2.75) is 26.2 Å². The zero-order valence-corrected chi connectivity index (χ0v) is 15.1. The minimum Gasteiger partial charge on any atom is -0.494 e. The Hall–Kier alpha value is -1.46. The Balaban J connectivity index is 0.00000208. The summed E-state index contributed by atoms with van der Waals surface area (Å²) in [7, 11) is 0. The number of hydrogen-bond acceptors (Lipinski definition) is 4. The van der Waals surface area contributed by atoms with Crippen LogP contribution in [0.15, 0.2) is 24.3 Å². The highest BCUT2D eigenvalue weighted by Gasteiger charge is 2.37. The van der Waals surface area contributed by atoms with Gasteiger partial charge in [-0.2, -0.15) is 0 Å². The predicted octanol–water partition coefficient (Wildman–Crippen LogP) is 2.49. The SMILES string of the molecule is CCOc1ccc(OCC(=O)N2CCC3(CCNC3)CC2)cc1.Cl. The summed E-state index contributed by atoms with van der Waals surface area (Å²) < 4.78 is 11.0. The molecule has 2 heterocycles. The summed E-state index contributed by atoms with van der Waals surface area (Å²) in [4.78, 5) is 14.2. The van der Waals surface area contributed by atoms with E-state index in [2.05, 4.69) is 5.32 Å². The molecular weight excluding hydrogens is 328 g/mol. The van der Waals surface area contributed by atoms with Crippen molar-refractivity contribution in [1.82, 2.24) is 10.2 Å². The maximum Gasteiger partial charge on any atom is 0.260 e. The molecule has 1 aromatic rings. The lowest BCUT2D eigenvalue weighted by molar-refractivity contribution is -0.135. The summed E-state index contributed by atoms with van der Waals surface area (Å²) in [5, 5.41) is 3.45. The maximum absolute atomic E-state index is 12.3. The van der Waals surface area contributed by atoms with E-state index in [1.807, 2.05) is 36.1 Å². The van der Waals surface area contributed by atoms with Gasteiger partial charge in [0.25, 0.3) is 5.91 Å². The van der Waals surface area contributed by atoms with Gasteiger partial charge in [-0.25, -0.2) is 0 Å². The van der Waals surface area contributed by atoms with Crippen LogP contribution >= 0.6 is 12.4 Å². The van der Waals surface area contributed by atoms with Crippen LogP contribution in [0.1, 0.15) is 26.2 Å². The van der Waals surface area contributed by atoms with Gasteiger partial charge in [0.05, 0.1) is 6.61 Å². The van der Waals surface area contributed by atoms with Crippen molar-refractivity contribution >= 4 is 18.3 Å². The molecule has 0 unspecified atom stereocenters. The van der Waals surface area contributed by atoms with Crippen LogP contribution in [0, 0.1) is 5.41 Å². The molecule has 0 aromatic heterocycles. The molecule has 1 aromatic carbocycles. The summed E-state index contributed by atoms with van der Waals surface area (Å²) in [5.74, 6) is 1.60. The molecular formula is C18H27ClN2O3. The van der Waals surface area contributed by atoms with Crippen LogP contribution in [-0.4, -0.2) is 50.2 Å². The largest absolute Gasteiger partial charge is 0.494 e. The molecule has 5 nitrogen and oxygen atoms in total. The van der Waals surface area contributed by atoms with Crippen molar-refractivity contribution < 1.29 is 14.3 Å². The van der Waals surface area contributed by atoms with E-state index in [-0.39, 0.29) is 24.9 Å². The lowest BCUT2D eigenvalue weighted by Crippen LogP contribution is -2.45. The van der Waals surface area contributed by atoms with Crippen LogP contribution in [-0.2, 0) is 4.79 Å². The van der Waals surface area contributed by atoms with E-state index in [4.69, 9.17) is 9.47 Å². The number of carbonyl (C=O) groups excluding carboxylic acids is 1. The van der Waals surface area contributed by atoms with Crippen molar-refractivity contribution in [3.05, 3.63) is 24.3 Å². The Bertz CT molecular complexity index is 520. The molecule has 1 N–H and O–H groups in total. The summed E-state index contributed by atoms with van der Waals surface area (Å²) in [5.41, 5.74) is 0.437. The first-order chi connectivity index (χ1) is 11.2. The minimum absolute atomic E-state index is 0. The lowest BCUT2D eigenvalue weighted by Gasteiger charge is -2.38. The summed E-state index contributed by atoms with van der Waals surface area (Å²) in [6.45, 7) is 6.64. The number of rotatable bonds is 5. The number of likely N-dealkylation sites (tertiary alicyclic amines) is 1. The van der Waals surface area contributed by atoms with Gasteiger partial charge in [0.15, 0.2) is 6.61 Å². The Morgan fingerprint density at radius 3 is 2.29 bits per heavy atom.